The molecule has 78 valence electrons. The maximum atomic E-state index is 11.7. The van der Waals surface area contributed by atoms with E-state index in [-0.39, 0.29) is 11.5 Å². The molecule has 1 aromatic rings. The van der Waals surface area contributed by atoms with E-state index in [0.717, 1.165) is 5.56 Å². The van der Waals surface area contributed by atoms with Crippen molar-refractivity contribution < 1.29 is 14.8 Å². The monoisotopic (exact) mass is 317 g/mol. The number of hydrogen-bond acceptors (Lipinski definition) is 3. The molecule has 1 atom stereocenters. The lowest BCUT2D eigenvalue weighted by atomic mass is 9.98. The second kappa shape index (κ2) is 3.57. The fourth-order valence-electron chi connectivity index (χ4n) is 1.57. The third kappa shape index (κ3) is 1.55. The fourth-order valence-corrected chi connectivity index (χ4v) is 2.48. The predicted octanol–water partition coefficient (Wildman–Crippen LogP) is 1.46. The molecule has 1 aliphatic rings. The predicted molar refractivity (Wildman–Crippen MR) is 60.4 cm³/mol. The van der Waals surface area contributed by atoms with Gasteiger partial charge in [-0.25, -0.2) is 0 Å². The van der Waals surface area contributed by atoms with Crippen LogP contribution in [0.15, 0.2) is 30.3 Å². The van der Waals surface area contributed by atoms with Gasteiger partial charge in [-0.05, 0) is 5.56 Å². The molecule has 15 heavy (non-hydrogen) atoms. The Hall–Kier alpha value is -0.950. The number of alkyl halides is 1. The Balaban J connectivity index is 2.45. The Labute approximate surface area is 100.0 Å². The second-order valence-electron chi connectivity index (χ2n) is 3.35. The molecule has 0 radical (unpaired) electrons. The SMILES string of the molecule is O=C1CC(I)(c2ccccc2)C(=O)N1O. The lowest BCUT2D eigenvalue weighted by Crippen LogP contribution is -2.32. The largest absolute Gasteiger partial charge is 0.278 e. The van der Waals surface area contributed by atoms with Crippen LogP contribution >= 0.6 is 22.6 Å². The van der Waals surface area contributed by atoms with Crippen LogP contribution in [-0.2, 0) is 13.0 Å². The fraction of sp³-hybridized carbons (Fsp3) is 0.200. The number of hydroxylamine groups is 2. The van der Waals surface area contributed by atoms with E-state index in [2.05, 4.69) is 0 Å². The zero-order chi connectivity index (χ0) is 11.1. The number of nitrogens with zero attached hydrogens (tertiary/aromatic N) is 1. The Bertz CT molecular complexity index is 420. The number of carbonyl (C=O) groups is 2. The third-order valence-corrected chi connectivity index (χ3v) is 3.86. The molecular weight excluding hydrogens is 309 g/mol. The Morgan fingerprint density at radius 2 is 1.87 bits per heavy atom. The van der Waals surface area contributed by atoms with Crippen LogP contribution in [-0.4, -0.2) is 22.1 Å². The van der Waals surface area contributed by atoms with Crippen molar-refractivity contribution in [3.05, 3.63) is 35.9 Å². The zero-order valence-electron chi connectivity index (χ0n) is 7.68. The van der Waals surface area contributed by atoms with Gasteiger partial charge in [0.15, 0.2) is 0 Å². The Morgan fingerprint density at radius 1 is 1.27 bits per heavy atom. The number of amides is 2. The normalized spacial score (nSPS) is 26.1. The van der Waals surface area contributed by atoms with Gasteiger partial charge in [0, 0.05) is 0 Å². The minimum absolute atomic E-state index is 0.00685. The van der Waals surface area contributed by atoms with E-state index in [1.807, 2.05) is 28.7 Å². The standard InChI is InChI=1S/C10H8INO3/c11-10(7-4-2-1-3-5-7)6-8(13)12(15)9(10)14/h1-5,15H,6H2. The number of carbonyl (C=O) groups excluding carboxylic acids is 2. The first-order valence-corrected chi connectivity index (χ1v) is 5.44. The Kier molecular flexibility index (Phi) is 2.51. The minimum atomic E-state index is -0.954. The van der Waals surface area contributed by atoms with Crippen molar-refractivity contribution in [2.24, 2.45) is 0 Å². The molecular formula is C10H8INO3. The summed E-state index contributed by atoms with van der Waals surface area (Å²) in [7, 11) is 0. The highest BCUT2D eigenvalue weighted by Gasteiger charge is 2.51. The molecule has 0 aliphatic carbocycles. The van der Waals surface area contributed by atoms with Gasteiger partial charge in [0.1, 0.15) is 3.42 Å². The highest BCUT2D eigenvalue weighted by molar-refractivity contribution is 14.1. The molecule has 1 N–H and O–H groups in total. The molecule has 0 spiro atoms. The van der Waals surface area contributed by atoms with E-state index in [1.54, 1.807) is 24.3 Å². The summed E-state index contributed by atoms with van der Waals surface area (Å²) < 4.78 is -0.954. The molecule has 0 saturated carbocycles. The van der Waals surface area contributed by atoms with Gasteiger partial charge >= 0.3 is 0 Å². The van der Waals surface area contributed by atoms with Crippen LogP contribution in [0, 0.1) is 0 Å². The zero-order valence-corrected chi connectivity index (χ0v) is 9.84. The topological polar surface area (TPSA) is 57.6 Å². The summed E-state index contributed by atoms with van der Waals surface area (Å²) in [4.78, 5) is 22.9. The average molecular weight is 317 g/mol. The van der Waals surface area contributed by atoms with E-state index in [9.17, 15) is 14.8 Å². The van der Waals surface area contributed by atoms with E-state index in [4.69, 9.17) is 0 Å². The summed E-state index contributed by atoms with van der Waals surface area (Å²) in [5.41, 5.74) is 0.737. The molecule has 4 nitrogen and oxygen atoms in total. The molecule has 1 saturated heterocycles. The van der Waals surface area contributed by atoms with Crippen molar-refractivity contribution in [3.63, 3.8) is 0 Å². The highest BCUT2D eigenvalue weighted by atomic mass is 127. The van der Waals surface area contributed by atoms with Gasteiger partial charge in [-0.3, -0.25) is 14.8 Å². The summed E-state index contributed by atoms with van der Waals surface area (Å²) in [6.07, 6.45) is 0.00685. The molecule has 1 unspecified atom stereocenters. The molecule has 2 amide bonds. The summed E-state index contributed by atoms with van der Waals surface area (Å²) in [6, 6.07) is 8.98. The van der Waals surface area contributed by atoms with E-state index in [1.165, 1.54) is 0 Å². The average Bonchev–Trinajstić information content (AvgIpc) is 2.45. The number of benzene rings is 1. The summed E-state index contributed by atoms with van der Waals surface area (Å²) >= 11 is 1.92. The van der Waals surface area contributed by atoms with Crippen LogP contribution in [0.25, 0.3) is 0 Å². The van der Waals surface area contributed by atoms with Crippen LogP contribution in [0.4, 0.5) is 0 Å². The first-order chi connectivity index (χ1) is 7.05. The molecule has 1 heterocycles. The van der Waals surface area contributed by atoms with Gasteiger partial charge < -0.3 is 0 Å². The van der Waals surface area contributed by atoms with Crippen molar-refractivity contribution >= 4 is 34.4 Å². The van der Waals surface area contributed by atoms with Crippen LogP contribution in [0.2, 0.25) is 0 Å². The minimum Gasteiger partial charge on any atom is -0.278 e. The molecule has 2 rings (SSSR count). The van der Waals surface area contributed by atoms with Crippen molar-refractivity contribution in [1.29, 1.82) is 0 Å². The summed E-state index contributed by atoms with van der Waals surface area (Å²) in [6.45, 7) is 0. The number of imide groups is 1. The maximum Gasteiger partial charge on any atom is 0.274 e. The number of hydrogen-bond donors (Lipinski definition) is 1. The second-order valence-corrected chi connectivity index (χ2v) is 5.20. The maximum absolute atomic E-state index is 11.7. The van der Waals surface area contributed by atoms with E-state index in [0.29, 0.717) is 0 Å². The Morgan fingerprint density at radius 3 is 2.33 bits per heavy atom. The van der Waals surface area contributed by atoms with Crippen molar-refractivity contribution in [2.75, 3.05) is 0 Å². The van der Waals surface area contributed by atoms with Gasteiger partial charge in [-0.1, -0.05) is 52.9 Å². The van der Waals surface area contributed by atoms with E-state index < -0.39 is 15.2 Å². The van der Waals surface area contributed by atoms with Crippen LogP contribution in [0.5, 0.6) is 0 Å². The first-order valence-electron chi connectivity index (χ1n) is 4.36. The van der Waals surface area contributed by atoms with E-state index >= 15 is 0 Å². The van der Waals surface area contributed by atoms with Gasteiger partial charge in [-0.15, -0.1) is 0 Å². The first kappa shape index (κ1) is 10.6. The van der Waals surface area contributed by atoms with Crippen molar-refractivity contribution in [1.82, 2.24) is 5.06 Å². The molecule has 1 aliphatic heterocycles. The van der Waals surface area contributed by atoms with Crippen LogP contribution < -0.4 is 0 Å². The van der Waals surface area contributed by atoms with Gasteiger partial charge in [-0.2, -0.15) is 5.06 Å². The molecule has 5 heteroatoms. The van der Waals surface area contributed by atoms with Gasteiger partial charge in [0.2, 0.25) is 0 Å². The molecule has 1 aromatic carbocycles. The highest BCUT2D eigenvalue weighted by Crippen LogP contribution is 2.41. The number of halogens is 1. The van der Waals surface area contributed by atoms with Crippen molar-refractivity contribution in [2.45, 2.75) is 9.84 Å². The van der Waals surface area contributed by atoms with Crippen LogP contribution in [0.3, 0.4) is 0 Å². The molecule has 0 bridgehead atoms. The van der Waals surface area contributed by atoms with Crippen molar-refractivity contribution in [3.8, 4) is 0 Å². The quantitative estimate of drug-likeness (QED) is 0.369. The van der Waals surface area contributed by atoms with Crippen LogP contribution in [0.1, 0.15) is 12.0 Å². The van der Waals surface area contributed by atoms with Gasteiger partial charge in [0.05, 0.1) is 6.42 Å². The smallest absolute Gasteiger partial charge is 0.274 e. The molecule has 0 aromatic heterocycles. The third-order valence-electron chi connectivity index (χ3n) is 2.39. The molecule has 1 fully saturated rings. The van der Waals surface area contributed by atoms with Gasteiger partial charge in [0.25, 0.3) is 11.8 Å². The summed E-state index contributed by atoms with van der Waals surface area (Å²) in [5.74, 6) is -1.13. The summed E-state index contributed by atoms with van der Waals surface area (Å²) in [5, 5.41) is 9.40. The lowest BCUT2D eigenvalue weighted by Gasteiger charge is -2.18. The number of rotatable bonds is 1. The lowest BCUT2D eigenvalue weighted by molar-refractivity contribution is -0.171.